The monoisotopic (exact) mass is 454 g/mol. The molecule has 1 aromatic rings. The quantitative estimate of drug-likeness (QED) is 0.230. The number of carboxylic acid groups (broad SMARTS) is 1. The Balaban J connectivity index is 1.51. The molecule has 0 spiro atoms. The van der Waals surface area contributed by atoms with E-state index in [1.807, 2.05) is 0 Å². The van der Waals surface area contributed by atoms with Crippen LogP contribution in [0.4, 0.5) is 5.13 Å². The molecule has 1 saturated heterocycles. The van der Waals surface area contributed by atoms with Gasteiger partial charge in [-0.3, -0.25) is 14.5 Å². The third-order valence-electron chi connectivity index (χ3n) is 4.94. The van der Waals surface area contributed by atoms with Gasteiger partial charge in [-0.05, 0) is 24.8 Å². The molecule has 2 amide bonds. The lowest BCUT2D eigenvalue weighted by molar-refractivity contribution is -0.150. The van der Waals surface area contributed by atoms with Crippen molar-refractivity contribution in [1.29, 1.82) is 0 Å². The summed E-state index contributed by atoms with van der Waals surface area (Å²) in [6.07, 6.45) is 2.59. The predicted molar refractivity (Wildman–Crippen MR) is 106 cm³/mol. The van der Waals surface area contributed by atoms with E-state index in [0.717, 1.165) is 35.7 Å². The maximum absolute atomic E-state index is 12.8. The summed E-state index contributed by atoms with van der Waals surface area (Å²) in [5.74, 6) is -2.40. The highest BCUT2D eigenvalue weighted by Crippen LogP contribution is 2.40. The summed E-state index contributed by atoms with van der Waals surface area (Å²) in [6, 6.07) is -0.957. The van der Waals surface area contributed by atoms with E-state index in [-0.39, 0.29) is 39.8 Å². The van der Waals surface area contributed by atoms with E-state index < -0.39 is 35.8 Å². The number of hydrogen-bond acceptors (Lipinski definition) is 11. The highest BCUT2D eigenvalue weighted by Gasteiger charge is 2.54. The van der Waals surface area contributed by atoms with Crippen LogP contribution in [0.15, 0.2) is 16.4 Å². The van der Waals surface area contributed by atoms with Gasteiger partial charge in [0.1, 0.15) is 23.2 Å². The van der Waals surface area contributed by atoms with E-state index in [4.69, 9.17) is 10.6 Å². The van der Waals surface area contributed by atoms with Crippen molar-refractivity contribution >= 4 is 51.9 Å². The van der Waals surface area contributed by atoms with Gasteiger partial charge in [-0.15, -0.1) is 11.8 Å². The summed E-state index contributed by atoms with van der Waals surface area (Å²) in [6.45, 7) is -0.464. The lowest BCUT2D eigenvalue weighted by atomic mass is 9.97. The fraction of sp³-hybridized carbons (Fsp3) is 0.500. The number of amides is 2. The lowest BCUT2D eigenvalue weighted by Crippen LogP contribution is -2.71. The number of anilines is 1. The summed E-state index contributed by atoms with van der Waals surface area (Å²) in [5.41, 5.74) is 5.41. The number of aromatic nitrogens is 2. The SMILES string of the molecule is Nc1nc(/C(=N/OC2CCC2)C(=O)N[C@@H]2C(=O)N3C(C(=O)O)=C(CO)CS[C@H]23)ns1. The standard InChI is InChI=1S/C16H18N6O6S2/c17-16-19-11(21-30-16)8(20-28-7-2-1-3-7)12(24)18-9-13(25)22-10(15(26)27)6(4-23)5-29-14(9)22/h7,9,14,23H,1-5H2,(H,18,24)(H,26,27)(H2,17,19,21)/b20-8-/t9-,14-/m1/s1. The van der Waals surface area contributed by atoms with Crippen molar-refractivity contribution in [3.8, 4) is 0 Å². The lowest BCUT2D eigenvalue weighted by Gasteiger charge is -2.49. The number of aliphatic hydroxyl groups excluding tert-OH is 1. The Morgan fingerprint density at radius 2 is 2.17 bits per heavy atom. The molecule has 1 aliphatic carbocycles. The van der Waals surface area contributed by atoms with Crippen molar-refractivity contribution in [2.45, 2.75) is 36.8 Å². The van der Waals surface area contributed by atoms with Crippen molar-refractivity contribution in [2.24, 2.45) is 5.16 Å². The molecule has 3 heterocycles. The van der Waals surface area contributed by atoms with Crippen LogP contribution < -0.4 is 11.1 Å². The first-order valence-corrected chi connectivity index (χ1v) is 10.9. The van der Waals surface area contributed by atoms with E-state index in [0.29, 0.717) is 0 Å². The number of nitrogens with one attached hydrogen (secondary N) is 1. The minimum atomic E-state index is -1.30. The number of rotatable bonds is 7. The number of nitrogen functional groups attached to an aromatic ring is 1. The number of aliphatic hydroxyl groups is 1. The summed E-state index contributed by atoms with van der Waals surface area (Å²) >= 11 is 2.15. The van der Waals surface area contributed by atoms with E-state index >= 15 is 0 Å². The average molecular weight is 454 g/mol. The summed E-state index contributed by atoms with van der Waals surface area (Å²) < 4.78 is 3.99. The molecule has 2 atom stereocenters. The fourth-order valence-corrected chi connectivity index (χ4v) is 4.90. The van der Waals surface area contributed by atoms with Gasteiger partial charge in [0.05, 0.1) is 6.61 Å². The molecule has 0 radical (unpaired) electrons. The van der Waals surface area contributed by atoms with Crippen LogP contribution in [0.2, 0.25) is 0 Å². The maximum atomic E-state index is 12.8. The van der Waals surface area contributed by atoms with Gasteiger partial charge in [0.25, 0.3) is 11.8 Å². The van der Waals surface area contributed by atoms with Crippen molar-refractivity contribution in [3.05, 3.63) is 17.1 Å². The van der Waals surface area contributed by atoms with E-state index in [1.54, 1.807) is 0 Å². The van der Waals surface area contributed by atoms with Crippen LogP contribution in [0.3, 0.4) is 0 Å². The van der Waals surface area contributed by atoms with E-state index in [1.165, 1.54) is 11.8 Å². The molecule has 0 unspecified atom stereocenters. The van der Waals surface area contributed by atoms with E-state index in [2.05, 4.69) is 19.8 Å². The second-order valence-corrected chi connectivity index (χ2v) is 8.72. The Morgan fingerprint density at radius 1 is 1.40 bits per heavy atom. The average Bonchev–Trinajstić information content (AvgIpc) is 3.12. The fourth-order valence-electron chi connectivity index (χ4n) is 3.13. The largest absolute Gasteiger partial charge is 0.477 e. The number of hydrogen-bond donors (Lipinski definition) is 4. The Hall–Kier alpha value is -2.71. The molecule has 4 rings (SSSR count). The molecule has 12 nitrogen and oxygen atoms in total. The predicted octanol–water partition coefficient (Wildman–Crippen LogP) is -0.876. The Bertz CT molecular complexity index is 958. The summed E-state index contributed by atoms with van der Waals surface area (Å²) in [4.78, 5) is 47.4. The van der Waals surface area contributed by atoms with Gasteiger partial charge in [-0.1, -0.05) is 5.16 Å². The number of oxime groups is 1. The van der Waals surface area contributed by atoms with Crippen LogP contribution >= 0.6 is 23.3 Å². The number of thioether (sulfide) groups is 1. The van der Waals surface area contributed by atoms with Crippen LogP contribution in [-0.4, -0.2) is 77.8 Å². The van der Waals surface area contributed by atoms with Gasteiger partial charge in [-0.2, -0.15) is 9.36 Å². The number of nitrogens with zero attached hydrogens (tertiary/aromatic N) is 4. The smallest absolute Gasteiger partial charge is 0.352 e. The molecular weight excluding hydrogens is 436 g/mol. The first-order chi connectivity index (χ1) is 14.4. The van der Waals surface area contributed by atoms with Gasteiger partial charge in [0.2, 0.25) is 11.5 Å². The number of β-lactam (4-membered cyclic amide) rings is 1. The Kier molecular flexibility index (Phi) is 5.62. The second kappa shape index (κ2) is 8.20. The minimum Gasteiger partial charge on any atom is -0.477 e. The highest BCUT2D eigenvalue weighted by atomic mass is 32.2. The number of aliphatic carboxylic acids is 1. The third kappa shape index (κ3) is 3.61. The molecular formula is C16H18N6O6S2. The van der Waals surface area contributed by atoms with E-state index in [9.17, 15) is 24.6 Å². The molecule has 160 valence electrons. The van der Waals surface area contributed by atoms with Gasteiger partial charge in [-0.25, -0.2) is 4.79 Å². The number of carbonyl (C=O) groups excluding carboxylic acids is 2. The summed E-state index contributed by atoms with van der Waals surface area (Å²) in [7, 11) is 0. The van der Waals surface area contributed by atoms with Crippen LogP contribution in [0.1, 0.15) is 25.1 Å². The molecule has 3 aliphatic rings. The molecule has 0 aromatic carbocycles. The molecule has 1 aromatic heterocycles. The number of carbonyl (C=O) groups is 3. The Morgan fingerprint density at radius 3 is 2.73 bits per heavy atom. The molecule has 2 fully saturated rings. The number of carboxylic acids is 1. The van der Waals surface area contributed by atoms with Crippen molar-refractivity contribution in [1.82, 2.24) is 19.6 Å². The van der Waals surface area contributed by atoms with Crippen LogP contribution in [0.5, 0.6) is 0 Å². The van der Waals surface area contributed by atoms with Crippen LogP contribution in [0.25, 0.3) is 0 Å². The summed E-state index contributed by atoms with van der Waals surface area (Å²) in [5, 5.41) is 24.8. The van der Waals surface area contributed by atoms with Gasteiger partial charge >= 0.3 is 5.97 Å². The number of fused-ring (bicyclic) bond motifs is 1. The third-order valence-corrected chi connectivity index (χ3v) is 6.82. The van der Waals surface area contributed by atoms with Crippen LogP contribution in [-0.2, 0) is 19.2 Å². The second-order valence-electron chi connectivity index (χ2n) is 6.83. The molecule has 14 heteroatoms. The normalized spacial score (nSPS) is 24.1. The first kappa shape index (κ1) is 20.6. The number of nitrogens with two attached hydrogens (primary N) is 1. The van der Waals surface area contributed by atoms with Crippen LogP contribution in [0, 0.1) is 0 Å². The zero-order valence-electron chi connectivity index (χ0n) is 15.5. The van der Waals surface area contributed by atoms with Crippen molar-refractivity contribution in [2.75, 3.05) is 18.1 Å². The van der Waals surface area contributed by atoms with Gasteiger partial charge in [0.15, 0.2) is 5.13 Å². The van der Waals surface area contributed by atoms with Gasteiger partial charge < -0.3 is 26.1 Å². The minimum absolute atomic E-state index is 0.0112. The highest BCUT2D eigenvalue weighted by molar-refractivity contribution is 8.00. The molecule has 1 saturated carbocycles. The zero-order chi connectivity index (χ0) is 21.4. The molecule has 2 aliphatic heterocycles. The topological polar surface area (TPSA) is 180 Å². The van der Waals surface area contributed by atoms with Crippen molar-refractivity contribution < 1.29 is 29.4 Å². The Labute approximate surface area is 178 Å². The molecule has 0 bridgehead atoms. The first-order valence-electron chi connectivity index (χ1n) is 9.05. The maximum Gasteiger partial charge on any atom is 0.352 e. The molecule has 5 N–H and O–H groups in total. The van der Waals surface area contributed by atoms with Gasteiger partial charge in [0, 0.05) is 17.3 Å². The van der Waals surface area contributed by atoms with Crippen molar-refractivity contribution in [3.63, 3.8) is 0 Å². The zero-order valence-corrected chi connectivity index (χ0v) is 17.1. The molecule has 30 heavy (non-hydrogen) atoms.